The fraction of sp³-hybridized carbons (Fsp3) is 0.833. The maximum atomic E-state index is 14.3. The molecule has 0 amide bonds. The van der Waals surface area contributed by atoms with Gasteiger partial charge in [0.25, 0.3) is 0 Å². The average molecular weight is 564 g/mol. The molecule has 1 aliphatic heterocycles. The van der Waals surface area contributed by atoms with E-state index in [1.807, 2.05) is 0 Å². The van der Waals surface area contributed by atoms with E-state index in [2.05, 4.69) is 16.1 Å². The molecular formula is C24H28F8O6. The SMILES string of the molecule is C=C(C)C(=O)OCC(F)(F)C(F)(F)COC(=O)C12CC3CC(C1)C1(OCCC(F)(F)C(F)(F)CO1)C(C3)C2. The summed E-state index contributed by atoms with van der Waals surface area (Å²) in [6.07, 6.45) is -0.447. The summed E-state index contributed by atoms with van der Waals surface area (Å²) in [5.74, 6) is -24.1. The van der Waals surface area contributed by atoms with Gasteiger partial charge in [-0.05, 0) is 44.9 Å². The Kier molecular flexibility index (Phi) is 7.11. The summed E-state index contributed by atoms with van der Waals surface area (Å²) in [5, 5.41) is 0. The number of carbonyl (C=O) groups excluding carboxylic acids is 2. The zero-order valence-corrected chi connectivity index (χ0v) is 20.5. The van der Waals surface area contributed by atoms with E-state index in [-0.39, 0.29) is 30.8 Å². The third-order valence-electron chi connectivity index (χ3n) is 8.17. The third kappa shape index (κ3) is 4.79. The number of hydrogen-bond donors (Lipinski definition) is 0. The Morgan fingerprint density at radius 2 is 1.45 bits per heavy atom. The van der Waals surface area contributed by atoms with E-state index in [0.29, 0.717) is 12.8 Å². The number of halogens is 8. The summed E-state index contributed by atoms with van der Waals surface area (Å²) in [4.78, 5) is 24.3. The summed E-state index contributed by atoms with van der Waals surface area (Å²) in [7, 11) is 0. The standard InChI is InChI=1S/C24H28F8O6/c1-13(2)17(33)35-10-21(27,28)22(29,30)11-36-18(34)19-7-14-5-15(8-19)24(16(6-14)9-19)37-4-3-20(25,26)23(31,32)12-38-24/h14-16H,1,3-12H2,2H3. The second kappa shape index (κ2) is 9.31. The van der Waals surface area contributed by atoms with Gasteiger partial charge in [0.05, 0.1) is 12.0 Å². The molecule has 0 radical (unpaired) electrons. The summed E-state index contributed by atoms with van der Waals surface area (Å²) in [6, 6.07) is 0. The van der Waals surface area contributed by atoms with Crippen molar-refractivity contribution >= 4 is 11.9 Å². The normalized spacial score (nSPS) is 35.9. The molecule has 216 valence electrons. The van der Waals surface area contributed by atoms with Gasteiger partial charge in [-0.15, -0.1) is 0 Å². The first-order valence-corrected chi connectivity index (χ1v) is 12.2. The monoisotopic (exact) mass is 564 g/mol. The zero-order chi connectivity index (χ0) is 28.4. The molecule has 0 N–H and O–H groups in total. The highest BCUT2D eigenvalue weighted by Gasteiger charge is 2.69. The predicted octanol–water partition coefficient (Wildman–Crippen LogP) is 5.15. The molecule has 38 heavy (non-hydrogen) atoms. The first-order chi connectivity index (χ1) is 17.4. The molecule has 1 spiro atoms. The van der Waals surface area contributed by atoms with Gasteiger partial charge >= 0.3 is 35.6 Å². The first-order valence-electron chi connectivity index (χ1n) is 12.2. The summed E-state index contributed by atoms with van der Waals surface area (Å²) < 4.78 is 132. The van der Waals surface area contributed by atoms with Gasteiger partial charge in [-0.2, -0.15) is 35.1 Å². The molecule has 4 bridgehead atoms. The lowest BCUT2D eigenvalue weighted by Crippen LogP contribution is -2.67. The van der Waals surface area contributed by atoms with Crippen LogP contribution in [0.25, 0.3) is 0 Å². The number of carbonyl (C=O) groups is 2. The molecule has 2 unspecified atom stereocenters. The summed E-state index contributed by atoms with van der Waals surface area (Å²) >= 11 is 0. The third-order valence-corrected chi connectivity index (χ3v) is 8.17. The lowest BCUT2D eigenvalue weighted by atomic mass is 9.47. The molecule has 1 saturated heterocycles. The van der Waals surface area contributed by atoms with Crippen LogP contribution in [0.5, 0.6) is 0 Å². The first kappa shape index (κ1) is 29.0. The number of esters is 2. The maximum Gasteiger partial charge on any atom is 0.346 e. The molecule has 2 atom stereocenters. The van der Waals surface area contributed by atoms with Gasteiger partial charge in [0.2, 0.25) is 0 Å². The van der Waals surface area contributed by atoms with Crippen molar-refractivity contribution in [3.8, 4) is 0 Å². The van der Waals surface area contributed by atoms with Crippen molar-refractivity contribution < 1.29 is 63.7 Å². The molecule has 4 aliphatic carbocycles. The van der Waals surface area contributed by atoms with Crippen molar-refractivity contribution in [1.29, 1.82) is 0 Å². The van der Waals surface area contributed by atoms with Crippen LogP contribution in [-0.4, -0.2) is 67.8 Å². The molecule has 0 aromatic carbocycles. The second-order valence-electron chi connectivity index (χ2n) is 11.0. The van der Waals surface area contributed by atoms with E-state index in [4.69, 9.17) is 9.47 Å². The van der Waals surface area contributed by atoms with Gasteiger partial charge in [-0.25, -0.2) is 4.79 Å². The van der Waals surface area contributed by atoms with Crippen molar-refractivity contribution in [2.24, 2.45) is 23.2 Å². The van der Waals surface area contributed by atoms with Gasteiger partial charge in [0.15, 0.2) is 19.0 Å². The van der Waals surface area contributed by atoms with E-state index < -0.39 is 91.5 Å². The Morgan fingerprint density at radius 3 is 2.00 bits per heavy atom. The Morgan fingerprint density at radius 1 is 0.895 bits per heavy atom. The van der Waals surface area contributed by atoms with Gasteiger partial charge in [0, 0.05) is 23.8 Å². The lowest BCUT2D eigenvalue weighted by Gasteiger charge is -2.63. The molecule has 14 heteroatoms. The lowest BCUT2D eigenvalue weighted by molar-refractivity contribution is -0.385. The fourth-order valence-electron chi connectivity index (χ4n) is 6.32. The Bertz CT molecular complexity index is 967. The average Bonchev–Trinajstić information content (AvgIpc) is 2.80. The largest absolute Gasteiger partial charge is 0.459 e. The van der Waals surface area contributed by atoms with Crippen molar-refractivity contribution in [1.82, 2.24) is 0 Å². The Hall–Kier alpha value is -1.96. The highest BCUT2D eigenvalue weighted by atomic mass is 19.3. The Labute approximate surface area is 213 Å². The smallest absolute Gasteiger partial charge is 0.346 e. The Balaban J connectivity index is 1.44. The zero-order valence-electron chi connectivity index (χ0n) is 20.5. The number of hydrogen-bond acceptors (Lipinski definition) is 6. The number of ether oxygens (including phenoxy) is 4. The summed E-state index contributed by atoms with van der Waals surface area (Å²) in [6.45, 7) is -1.94. The van der Waals surface area contributed by atoms with Crippen molar-refractivity contribution in [3.63, 3.8) is 0 Å². The molecule has 5 fully saturated rings. The van der Waals surface area contributed by atoms with Crippen LogP contribution in [-0.2, 0) is 28.5 Å². The summed E-state index contributed by atoms with van der Waals surface area (Å²) in [5.41, 5.74) is -1.63. The van der Waals surface area contributed by atoms with Gasteiger partial charge in [-0.3, -0.25) is 4.79 Å². The highest BCUT2D eigenvalue weighted by Crippen LogP contribution is 2.66. The minimum Gasteiger partial charge on any atom is -0.459 e. The van der Waals surface area contributed by atoms with E-state index in [1.54, 1.807) is 0 Å². The minimum absolute atomic E-state index is 0.0843. The second-order valence-corrected chi connectivity index (χ2v) is 11.0. The van der Waals surface area contributed by atoms with Crippen LogP contribution in [0.1, 0.15) is 45.4 Å². The molecule has 4 saturated carbocycles. The number of alkyl halides is 8. The van der Waals surface area contributed by atoms with E-state index in [0.717, 1.165) is 6.92 Å². The topological polar surface area (TPSA) is 71.1 Å². The van der Waals surface area contributed by atoms with Gasteiger partial charge in [0.1, 0.15) is 6.61 Å². The molecule has 0 aromatic rings. The van der Waals surface area contributed by atoms with Gasteiger partial charge in [-0.1, -0.05) is 6.58 Å². The van der Waals surface area contributed by atoms with Gasteiger partial charge < -0.3 is 18.9 Å². The van der Waals surface area contributed by atoms with Crippen molar-refractivity contribution in [3.05, 3.63) is 12.2 Å². The molecule has 6 nitrogen and oxygen atoms in total. The van der Waals surface area contributed by atoms with Crippen molar-refractivity contribution in [2.45, 2.75) is 74.9 Å². The van der Waals surface area contributed by atoms with Crippen molar-refractivity contribution in [2.75, 3.05) is 26.4 Å². The van der Waals surface area contributed by atoms with Crippen LogP contribution >= 0.6 is 0 Å². The highest BCUT2D eigenvalue weighted by molar-refractivity contribution is 5.86. The van der Waals surface area contributed by atoms with Crippen LogP contribution in [0.15, 0.2) is 12.2 Å². The van der Waals surface area contributed by atoms with Crippen LogP contribution in [0.2, 0.25) is 0 Å². The molecule has 1 heterocycles. The minimum atomic E-state index is -4.87. The van der Waals surface area contributed by atoms with E-state index >= 15 is 0 Å². The van der Waals surface area contributed by atoms with Crippen LogP contribution in [0, 0.1) is 23.2 Å². The van der Waals surface area contributed by atoms with Crippen LogP contribution in [0.4, 0.5) is 35.1 Å². The molecular weight excluding hydrogens is 536 g/mol. The van der Waals surface area contributed by atoms with Crippen LogP contribution in [0.3, 0.4) is 0 Å². The fourth-order valence-corrected chi connectivity index (χ4v) is 6.32. The number of rotatable bonds is 7. The molecule has 5 rings (SSSR count). The molecule has 0 aromatic heterocycles. The maximum absolute atomic E-state index is 14.3. The van der Waals surface area contributed by atoms with E-state index in [9.17, 15) is 44.7 Å². The predicted molar refractivity (Wildman–Crippen MR) is 112 cm³/mol. The van der Waals surface area contributed by atoms with Crippen LogP contribution < -0.4 is 0 Å². The quantitative estimate of drug-likeness (QED) is 0.242. The van der Waals surface area contributed by atoms with E-state index in [1.165, 1.54) is 0 Å². The molecule has 5 aliphatic rings.